The third kappa shape index (κ3) is 2.99. The minimum atomic E-state index is -0.0355. The molecular weight excluding hydrogens is 254 g/mol. The highest BCUT2D eigenvalue weighted by atomic mass is 35.5. The number of pyridine rings is 1. The fourth-order valence-electron chi connectivity index (χ4n) is 1.26. The van der Waals surface area contributed by atoms with Crippen LogP contribution in [0, 0.1) is 5.41 Å². The first-order chi connectivity index (χ1) is 8.16. The van der Waals surface area contributed by atoms with Gasteiger partial charge in [0.05, 0.1) is 5.02 Å². The van der Waals surface area contributed by atoms with E-state index in [0.29, 0.717) is 10.7 Å². The van der Waals surface area contributed by atoms with Gasteiger partial charge in [-0.1, -0.05) is 41.6 Å². The molecule has 2 rings (SSSR count). The van der Waals surface area contributed by atoms with Gasteiger partial charge in [-0.3, -0.25) is 5.41 Å². The van der Waals surface area contributed by atoms with E-state index in [-0.39, 0.29) is 5.84 Å². The minimum absolute atomic E-state index is 0.0355. The second kappa shape index (κ2) is 5.21. The van der Waals surface area contributed by atoms with E-state index in [0.717, 1.165) is 9.92 Å². The van der Waals surface area contributed by atoms with Crippen molar-refractivity contribution in [1.29, 1.82) is 5.41 Å². The molecule has 0 unspecified atom stereocenters. The molecule has 0 radical (unpaired) electrons. The Morgan fingerprint density at radius 3 is 2.65 bits per heavy atom. The van der Waals surface area contributed by atoms with Crippen molar-refractivity contribution in [2.75, 3.05) is 0 Å². The maximum absolute atomic E-state index is 7.33. The Morgan fingerprint density at radius 2 is 1.94 bits per heavy atom. The van der Waals surface area contributed by atoms with E-state index in [1.165, 1.54) is 11.8 Å². The molecule has 1 aromatic heterocycles. The van der Waals surface area contributed by atoms with Crippen LogP contribution >= 0.6 is 23.4 Å². The number of hydrogen-bond donors (Lipinski definition) is 2. The molecule has 2 aromatic rings. The molecular formula is C12H10ClN3S. The molecule has 0 aliphatic carbocycles. The molecule has 1 aromatic carbocycles. The van der Waals surface area contributed by atoms with Crippen molar-refractivity contribution in [3.05, 3.63) is 53.2 Å². The second-order valence-corrected chi connectivity index (χ2v) is 4.78. The fourth-order valence-corrected chi connectivity index (χ4v) is 2.34. The first-order valence-electron chi connectivity index (χ1n) is 4.90. The zero-order chi connectivity index (χ0) is 12.3. The average molecular weight is 264 g/mol. The van der Waals surface area contributed by atoms with Crippen molar-refractivity contribution < 1.29 is 0 Å². The number of nitrogens with two attached hydrogens (primary N) is 1. The third-order valence-electron chi connectivity index (χ3n) is 2.05. The van der Waals surface area contributed by atoms with Gasteiger partial charge in [0, 0.05) is 4.90 Å². The molecule has 0 spiro atoms. The molecule has 3 nitrogen and oxygen atoms in total. The van der Waals surface area contributed by atoms with Crippen molar-refractivity contribution >= 4 is 29.2 Å². The van der Waals surface area contributed by atoms with Gasteiger partial charge in [-0.15, -0.1) is 0 Å². The predicted molar refractivity (Wildman–Crippen MR) is 70.8 cm³/mol. The lowest BCUT2D eigenvalue weighted by Crippen LogP contribution is -2.12. The molecule has 5 heteroatoms. The van der Waals surface area contributed by atoms with Gasteiger partial charge in [-0.05, 0) is 24.3 Å². The predicted octanol–water partition coefficient (Wildman–Crippen LogP) is 3.17. The lowest BCUT2D eigenvalue weighted by Gasteiger charge is -2.04. The number of nitrogen functional groups attached to an aromatic ring is 1. The van der Waals surface area contributed by atoms with E-state index in [1.807, 2.05) is 36.4 Å². The molecule has 0 aliphatic rings. The van der Waals surface area contributed by atoms with Crippen molar-refractivity contribution in [1.82, 2.24) is 4.98 Å². The van der Waals surface area contributed by atoms with Gasteiger partial charge in [0.1, 0.15) is 16.6 Å². The SMILES string of the molecule is N=C(N)c1cccc(Sc2ccccc2Cl)n1. The van der Waals surface area contributed by atoms with E-state index in [2.05, 4.69) is 4.98 Å². The molecule has 1 heterocycles. The normalized spacial score (nSPS) is 10.2. The first-order valence-corrected chi connectivity index (χ1v) is 6.10. The number of amidine groups is 1. The number of nitrogens with zero attached hydrogens (tertiary/aromatic N) is 1. The Bertz CT molecular complexity index is 557. The van der Waals surface area contributed by atoms with Crippen LogP contribution in [0.5, 0.6) is 0 Å². The summed E-state index contributed by atoms with van der Waals surface area (Å²) in [7, 11) is 0. The Balaban J connectivity index is 2.28. The van der Waals surface area contributed by atoms with Crippen LogP contribution in [0.15, 0.2) is 52.4 Å². The zero-order valence-electron chi connectivity index (χ0n) is 8.85. The van der Waals surface area contributed by atoms with Gasteiger partial charge in [-0.2, -0.15) is 0 Å². The maximum Gasteiger partial charge on any atom is 0.141 e. The molecule has 0 bridgehead atoms. The van der Waals surface area contributed by atoms with Gasteiger partial charge in [0.25, 0.3) is 0 Å². The molecule has 0 atom stereocenters. The van der Waals surface area contributed by atoms with Gasteiger partial charge < -0.3 is 5.73 Å². The van der Waals surface area contributed by atoms with Crippen molar-refractivity contribution in [2.24, 2.45) is 5.73 Å². The van der Waals surface area contributed by atoms with Crippen molar-refractivity contribution in [3.8, 4) is 0 Å². The van der Waals surface area contributed by atoms with E-state index in [1.54, 1.807) is 6.07 Å². The molecule has 0 amide bonds. The van der Waals surface area contributed by atoms with Crippen molar-refractivity contribution in [2.45, 2.75) is 9.92 Å². The van der Waals surface area contributed by atoms with E-state index < -0.39 is 0 Å². The topological polar surface area (TPSA) is 62.8 Å². The summed E-state index contributed by atoms with van der Waals surface area (Å²) in [6, 6.07) is 12.9. The Morgan fingerprint density at radius 1 is 1.18 bits per heavy atom. The average Bonchev–Trinajstić information content (AvgIpc) is 2.32. The van der Waals surface area contributed by atoms with Crippen LogP contribution in [-0.4, -0.2) is 10.8 Å². The number of rotatable bonds is 3. The maximum atomic E-state index is 7.33. The summed E-state index contributed by atoms with van der Waals surface area (Å²) in [5.74, 6) is -0.0355. The van der Waals surface area contributed by atoms with Crippen LogP contribution in [0.1, 0.15) is 5.69 Å². The summed E-state index contributed by atoms with van der Waals surface area (Å²) in [4.78, 5) is 5.20. The van der Waals surface area contributed by atoms with Crippen LogP contribution in [-0.2, 0) is 0 Å². The lowest BCUT2D eigenvalue weighted by atomic mass is 10.3. The molecule has 0 fully saturated rings. The highest BCUT2D eigenvalue weighted by Crippen LogP contribution is 2.31. The number of hydrogen-bond acceptors (Lipinski definition) is 3. The van der Waals surface area contributed by atoms with Gasteiger partial charge >= 0.3 is 0 Å². The molecule has 0 aliphatic heterocycles. The number of halogens is 1. The van der Waals surface area contributed by atoms with Gasteiger partial charge in [0.2, 0.25) is 0 Å². The standard InChI is InChI=1S/C12H10ClN3S/c13-8-4-1-2-6-10(8)17-11-7-3-5-9(16-11)12(14)15/h1-7H,(H3,14,15). The smallest absolute Gasteiger partial charge is 0.141 e. The second-order valence-electron chi connectivity index (χ2n) is 3.31. The third-order valence-corrected chi connectivity index (χ3v) is 3.50. The molecule has 3 N–H and O–H groups in total. The van der Waals surface area contributed by atoms with Crippen LogP contribution in [0.2, 0.25) is 5.02 Å². The molecule has 0 saturated carbocycles. The highest BCUT2D eigenvalue weighted by Gasteiger charge is 2.04. The Labute approximate surface area is 109 Å². The first kappa shape index (κ1) is 12.0. The summed E-state index contributed by atoms with van der Waals surface area (Å²) in [5, 5.41) is 8.79. The summed E-state index contributed by atoms with van der Waals surface area (Å²) < 4.78 is 0. The van der Waals surface area contributed by atoms with Crippen molar-refractivity contribution in [3.63, 3.8) is 0 Å². The monoisotopic (exact) mass is 263 g/mol. The number of benzene rings is 1. The Hall–Kier alpha value is -1.52. The van der Waals surface area contributed by atoms with Crippen LogP contribution in [0.4, 0.5) is 0 Å². The van der Waals surface area contributed by atoms with Crippen LogP contribution in [0.3, 0.4) is 0 Å². The zero-order valence-corrected chi connectivity index (χ0v) is 10.4. The molecule has 17 heavy (non-hydrogen) atoms. The van der Waals surface area contributed by atoms with Gasteiger partial charge in [-0.25, -0.2) is 4.98 Å². The summed E-state index contributed by atoms with van der Waals surface area (Å²) in [6.45, 7) is 0. The minimum Gasteiger partial charge on any atom is -0.382 e. The van der Waals surface area contributed by atoms with E-state index >= 15 is 0 Å². The van der Waals surface area contributed by atoms with E-state index in [9.17, 15) is 0 Å². The highest BCUT2D eigenvalue weighted by molar-refractivity contribution is 7.99. The summed E-state index contributed by atoms with van der Waals surface area (Å²) in [5.41, 5.74) is 5.87. The summed E-state index contributed by atoms with van der Waals surface area (Å²) in [6.07, 6.45) is 0. The number of nitrogens with one attached hydrogen (secondary N) is 1. The lowest BCUT2D eigenvalue weighted by molar-refractivity contribution is 1.10. The van der Waals surface area contributed by atoms with Crippen LogP contribution < -0.4 is 5.73 Å². The molecule has 86 valence electrons. The van der Waals surface area contributed by atoms with Crippen LogP contribution in [0.25, 0.3) is 0 Å². The van der Waals surface area contributed by atoms with E-state index in [4.69, 9.17) is 22.7 Å². The number of aromatic nitrogens is 1. The Kier molecular flexibility index (Phi) is 3.66. The van der Waals surface area contributed by atoms with Gasteiger partial charge in [0.15, 0.2) is 0 Å². The molecule has 0 saturated heterocycles. The quantitative estimate of drug-likeness (QED) is 0.660. The largest absolute Gasteiger partial charge is 0.382 e. The summed E-state index contributed by atoms with van der Waals surface area (Å²) >= 11 is 7.51. The fraction of sp³-hybridized carbons (Fsp3) is 0.